The molecule has 2 aromatic rings. The van der Waals surface area contributed by atoms with E-state index in [0.717, 1.165) is 22.2 Å². The summed E-state index contributed by atoms with van der Waals surface area (Å²) in [5, 5.41) is 3.08. The van der Waals surface area contributed by atoms with Gasteiger partial charge >= 0.3 is 0 Å². The van der Waals surface area contributed by atoms with Crippen molar-refractivity contribution in [2.75, 3.05) is 7.11 Å². The van der Waals surface area contributed by atoms with Crippen molar-refractivity contribution < 1.29 is 9.47 Å². The second-order valence-electron chi connectivity index (χ2n) is 3.32. The average Bonchev–Trinajstić information content (AvgIpc) is 2.73. The first-order valence-electron chi connectivity index (χ1n) is 4.96. The standard InChI is InChI=1S/C12H13NO2S/c1-9-13-10(8-16-9)7-15-12-5-3-11(14-2)4-6-12/h3-6,8H,7H2,1-2H3. The van der Waals surface area contributed by atoms with E-state index < -0.39 is 0 Å². The molecule has 0 radical (unpaired) electrons. The molecule has 0 fully saturated rings. The van der Waals surface area contributed by atoms with Crippen molar-refractivity contribution in [3.05, 3.63) is 40.3 Å². The van der Waals surface area contributed by atoms with E-state index in [0.29, 0.717) is 6.61 Å². The minimum Gasteiger partial charge on any atom is -0.497 e. The van der Waals surface area contributed by atoms with Gasteiger partial charge in [0.05, 0.1) is 17.8 Å². The van der Waals surface area contributed by atoms with E-state index in [1.165, 1.54) is 0 Å². The number of ether oxygens (including phenoxy) is 2. The summed E-state index contributed by atoms with van der Waals surface area (Å²) in [5.41, 5.74) is 0.971. The third kappa shape index (κ3) is 2.73. The number of hydrogen-bond acceptors (Lipinski definition) is 4. The minimum absolute atomic E-state index is 0.511. The number of hydrogen-bond donors (Lipinski definition) is 0. The highest BCUT2D eigenvalue weighted by Gasteiger charge is 2.00. The van der Waals surface area contributed by atoms with Crippen LogP contribution in [0.4, 0.5) is 0 Å². The van der Waals surface area contributed by atoms with Gasteiger partial charge in [0, 0.05) is 5.38 Å². The summed E-state index contributed by atoms with van der Waals surface area (Å²) in [6.45, 7) is 2.50. The van der Waals surface area contributed by atoms with E-state index in [9.17, 15) is 0 Å². The van der Waals surface area contributed by atoms with Gasteiger partial charge in [-0.3, -0.25) is 0 Å². The molecule has 4 heteroatoms. The summed E-state index contributed by atoms with van der Waals surface area (Å²) < 4.78 is 10.7. The summed E-state index contributed by atoms with van der Waals surface area (Å²) >= 11 is 1.63. The lowest BCUT2D eigenvalue weighted by atomic mass is 10.3. The third-order valence-electron chi connectivity index (χ3n) is 2.11. The molecule has 0 saturated carbocycles. The first kappa shape index (κ1) is 11.0. The van der Waals surface area contributed by atoms with Crippen LogP contribution >= 0.6 is 11.3 Å². The molecule has 1 aromatic carbocycles. The van der Waals surface area contributed by atoms with Gasteiger partial charge in [-0.25, -0.2) is 4.98 Å². The lowest BCUT2D eigenvalue weighted by Crippen LogP contribution is -1.95. The molecule has 0 aliphatic rings. The monoisotopic (exact) mass is 235 g/mol. The maximum absolute atomic E-state index is 5.59. The quantitative estimate of drug-likeness (QED) is 0.816. The summed E-state index contributed by atoms with van der Waals surface area (Å²) in [5.74, 6) is 1.66. The van der Waals surface area contributed by atoms with Crippen molar-refractivity contribution >= 4 is 11.3 Å². The van der Waals surface area contributed by atoms with E-state index in [1.54, 1.807) is 18.4 Å². The van der Waals surface area contributed by atoms with Gasteiger partial charge in [-0.1, -0.05) is 0 Å². The zero-order valence-electron chi connectivity index (χ0n) is 9.27. The summed E-state index contributed by atoms with van der Waals surface area (Å²) in [6, 6.07) is 7.53. The number of benzene rings is 1. The molecule has 0 amide bonds. The van der Waals surface area contributed by atoms with Gasteiger partial charge in [0.1, 0.15) is 18.1 Å². The molecule has 3 nitrogen and oxygen atoms in total. The van der Waals surface area contributed by atoms with Crippen LogP contribution in [0.15, 0.2) is 29.6 Å². The summed E-state index contributed by atoms with van der Waals surface area (Å²) in [4.78, 5) is 4.33. The lowest BCUT2D eigenvalue weighted by Gasteiger charge is -2.05. The maximum Gasteiger partial charge on any atom is 0.131 e. The van der Waals surface area contributed by atoms with Gasteiger partial charge in [0.25, 0.3) is 0 Å². The van der Waals surface area contributed by atoms with Crippen LogP contribution < -0.4 is 9.47 Å². The fourth-order valence-corrected chi connectivity index (χ4v) is 1.90. The predicted octanol–water partition coefficient (Wildman–Crippen LogP) is 3.04. The fourth-order valence-electron chi connectivity index (χ4n) is 1.30. The zero-order chi connectivity index (χ0) is 11.4. The van der Waals surface area contributed by atoms with Crippen LogP contribution in [0.2, 0.25) is 0 Å². The molecular formula is C12H13NO2S. The molecule has 16 heavy (non-hydrogen) atoms. The fraction of sp³-hybridized carbons (Fsp3) is 0.250. The Labute approximate surface area is 98.7 Å². The second-order valence-corrected chi connectivity index (χ2v) is 4.38. The molecule has 0 aliphatic carbocycles. The predicted molar refractivity (Wildman–Crippen MR) is 64.2 cm³/mol. The Balaban J connectivity index is 1.94. The Morgan fingerprint density at radius 1 is 1.19 bits per heavy atom. The zero-order valence-corrected chi connectivity index (χ0v) is 10.1. The smallest absolute Gasteiger partial charge is 0.131 e. The second kappa shape index (κ2) is 4.99. The topological polar surface area (TPSA) is 31.4 Å². The Kier molecular flexibility index (Phi) is 3.41. The van der Waals surface area contributed by atoms with Crippen molar-refractivity contribution in [1.29, 1.82) is 0 Å². The SMILES string of the molecule is COc1ccc(OCc2csc(C)n2)cc1. The summed E-state index contributed by atoms with van der Waals surface area (Å²) in [7, 11) is 1.65. The largest absolute Gasteiger partial charge is 0.497 e. The first-order valence-corrected chi connectivity index (χ1v) is 5.84. The van der Waals surface area contributed by atoms with Crippen LogP contribution in [0.25, 0.3) is 0 Å². The van der Waals surface area contributed by atoms with E-state index in [1.807, 2.05) is 36.6 Å². The average molecular weight is 235 g/mol. The van der Waals surface area contributed by atoms with Crippen molar-refractivity contribution in [3.63, 3.8) is 0 Å². The molecule has 1 heterocycles. The van der Waals surface area contributed by atoms with Crippen LogP contribution in [0.5, 0.6) is 11.5 Å². The Morgan fingerprint density at radius 3 is 2.44 bits per heavy atom. The molecule has 1 aromatic heterocycles. The van der Waals surface area contributed by atoms with Crippen LogP contribution in [0.1, 0.15) is 10.7 Å². The van der Waals surface area contributed by atoms with Gasteiger partial charge in [-0.15, -0.1) is 11.3 Å². The molecule has 0 saturated heterocycles. The van der Waals surface area contributed by atoms with Gasteiger partial charge in [-0.2, -0.15) is 0 Å². The molecule has 0 atom stereocenters. The highest BCUT2D eigenvalue weighted by atomic mass is 32.1. The van der Waals surface area contributed by atoms with E-state index in [4.69, 9.17) is 9.47 Å². The number of thiazole rings is 1. The molecule has 84 valence electrons. The summed E-state index contributed by atoms with van der Waals surface area (Å²) in [6.07, 6.45) is 0. The van der Waals surface area contributed by atoms with Crippen LogP contribution in [-0.2, 0) is 6.61 Å². The van der Waals surface area contributed by atoms with Gasteiger partial charge in [0.2, 0.25) is 0 Å². The number of aromatic nitrogens is 1. The Bertz CT molecular complexity index is 450. The maximum atomic E-state index is 5.59. The van der Waals surface area contributed by atoms with Crippen LogP contribution in [0, 0.1) is 6.92 Å². The Hall–Kier alpha value is -1.55. The third-order valence-corrected chi connectivity index (χ3v) is 2.94. The van der Waals surface area contributed by atoms with Crippen LogP contribution in [0.3, 0.4) is 0 Å². The number of methoxy groups -OCH3 is 1. The van der Waals surface area contributed by atoms with Crippen molar-refractivity contribution in [3.8, 4) is 11.5 Å². The van der Waals surface area contributed by atoms with Gasteiger partial charge < -0.3 is 9.47 Å². The van der Waals surface area contributed by atoms with Gasteiger partial charge in [0.15, 0.2) is 0 Å². The Morgan fingerprint density at radius 2 is 1.88 bits per heavy atom. The molecule has 0 aliphatic heterocycles. The van der Waals surface area contributed by atoms with Crippen molar-refractivity contribution in [2.45, 2.75) is 13.5 Å². The highest BCUT2D eigenvalue weighted by molar-refractivity contribution is 7.09. The molecule has 0 bridgehead atoms. The highest BCUT2D eigenvalue weighted by Crippen LogP contribution is 2.18. The molecule has 0 unspecified atom stereocenters. The molecular weight excluding hydrogens is 222 g/mol. The lowest BCUT2D eigenvalue weighted by molar-refractivity contribution is 0.301. The molecule has 2 rings (SSSR count). The van der Waals surface area contributed by atoms with E-state index >= 15 is 0 Å². The van der Waals surface area contributed by atoms with Crippen molar-refractivity contribution in [1.82, 2.24) is 4.98 Å². The van der Waals surface area contributed by atoms with Gasteiger partial charge in [-0.05, 0) is 31.2 Å². The van der Waals surface area contributed by atoms with Crippen molar-refractivity contribution in [2.24, 2.45) is 0 Å². The van der Waals surface area contributed by atoms with E-state index in [-0.39, 0.29) is 0 Å². The first-order chi connectivity index (χ1) is 7.78. The number of nitrogens with zero attached hydrogens (tertiary/aromatic N) is 1. The molecule has 0 spiro atoms. The van der Waals surface area contributed by atoms with Crippen LogP contribution in [-0.4, -0.2) is 12.1 Å². The number of aryl methyl sites for hydroxylation is 1. The minimum atomic E-state index is 0.511. The normalized spacial score (nSPS) is 10.1. The van der Waals surface area contributed by atoms with E-state index in [2.05, 4.69) is 4.98 Å². The molecule has 0 N–H and O–H groups in total. The number of rotatable bonds is 4.